The molecule has 0 amide bonds. The molecule has 12 nitrogen and oxygen atoms in total. The molecular weight excluding hydrogens is 333 g/mol. The quantitative estimate of drug-likeness (QED) is 0.488. The number of nitrogen functional groups attached to an aromatic ring is 1. The maximum absolute atomic E-state index is 11.7. The highest BCUT2D eigenvalue weighted by molar-refractivity contribution is 7.46. The van der Waals surface area contributed by atoms with Crippen molar-refractivity contribution in [1.82, 2.24) is 19.5 Å². The smallest absolute Gasteiger partial charge is 0.374 e. The number of hydrogen-bond acceptors (Lipinski definition) is 8. The Balaban J connectivity index is 1.82. The van der Waals surface area contributed by atoms with Crippen molar-refractivity contribution in [2.24, 2.45) is 0 Å². The lowest BCUT2D eigenvalue weighted by molar-refractivity contribution is -0.176. The summed E-state index contributed by atoms with van der Waals surface area (Å²) in [5.74, 6) is -0.0673. The van der Waals surface area contributed by atoms with E-state index >= 15 is 0 Å². The number of anilines is 1. The van der Waals surface area contributed by atoms with Gasteiger partial charge in [-0.05, 0) is 0 Å². The Morgan fingerprint density at radius 1 is 1.52 bits per heavy atom. The normalized spacial score (nSPS) is 22.5. The van der Waals surface area contributed by atoms with Gasteiger partial charge in [-0.15, -0.1) is 0 Å². The van der Waals surface area contributed by atoms with Gasteiger partial charge in [0.15, 0.2) is 17.4 Å². The third kappa shape index (κ3) is 3.58. The van der Waals surface area contributed by atoms with E-state index in [2.05, 4.69) is 19.5 Å². The summed E-state index contributed by atoms with van der Waals surface area (Å²) < 4.78 is 27.6. The van der Waals surface area contributed by atoms with Crippen LogP contribution in [-0.4, -0.2) is 55.2 Å². The Morgan fingerprint density at radius 3 is 3.04 bits per heavy atom. The maximum atomic E-state index is 11.7. The van der Waals surface area contributed by atoms with Crippen LogP contribution >= 0.6 is 7.82 Å². The summed E-state index contributed by atoms with van der Waals surface area (Å²) in [5.41, 5.74) is 5.35. The highest BCUT2D eigenvalue weighted by Crippen LogP contribution is 2.36. The van der Waals surface area contributed by atoms with Crippen LogP contribution in [0.2, 0.25) is 0 Å². The summed E-state index contributed by atoms with van der Waals surface area (Å²) >= 11 is 0. The lowest BCUT2D eigenvalue weighted by Gasteiger charge is -2.30. The molecule has 1 aliphatic heterocycles. The lowest BCUT2D eigenvalue weighted by Crippen LogP contribution is -2.36. The number of aromatic nitrogens is 4. The summed E-state index contributed by atoms with van der Waals surface area (Å²) in [6.07, 6.45) is -0.0296. The molecule has 0 radical (unpaired) electrons. The van der Waals surface area contributed by atoms with Crippen molar-refractivity contribution in [3.8, 4) is 0 Å². The second kappa shape index (κ2) is 6.00. The summed E-state index contributed by atoms with van der Waals surface area (Å²) in [5, 5.41) is 0. The van der Waals surface area contributed by atoms with E-state index < -0.39 is 25.7 Å². The zero-order valence-corrected chi connectivity index (χ0v) is 12.5. The molecule has 0 aromatic carbocycles. The number of aromatic amines is 1. The van der Waals surface area contributed by atoms with Crippen LogP contribution < -0.4 is 11.3 Å². The maximum Gasteiger partial charge on any atom is 0.469 e. The van der Waals surface area contributed by atoms with Gasteiger partial charge < -0.3 is 25.0 Å². The third-order valence-corrected chi connectivity index (χ3v) is 3.59. The van der Waals surface area contributed by atoms with Crippen LogP contribution in [0.5, 0.6) is 0 Å². The predicted molar refractivity (Wildman–Crippen MR) is 75.3 cm³/mol. The number of rotatable bonds is 4. The molecule has 1 aliphatic rings. The average molecular weight is 347 g/mol. The monoisotopic (exact) mass is 347 g/mol. The molecule has 3 rings (SSSR count). The van der Waals surface area contributed by atoms with Crippen molar-refractivity contribution in [2.75, 3.05) is 25.6 Å². The van der Waals surface area contributed by atoms with Crippen molar-refractivity contribution in [2.45, 2.75) is 12.3 Å². The average Bonchev–Trinajstić information content (AvgIpc) is 2.89. The van der Waals surface area contributed by atoms with Gasteiger partial charge in [-0.25, -0.2) is 9.55 Å². The highest BCUT2D eigenvalue weighted by Gasteiger charge is 2.28. The summed E-state index contributed by atoms with van der Waals surface area (Å²) in [4.78, 5) is 39.5. The first-order chi connectivity index (χ1) is 10.8. The number of phosphoric ester groups is 1. The lowest BCUT2D eigenvalue weighted by atomic mass is 10.3. The van der Waals surface area contributed by atoms with Gasteiger partial charge in [0.25, 0.3) is 5.56 Å². The number of phosphoric acid groups is 1. The van der Waals surface area contributed by atoms with Crippen LogP contribution in [0.25, 0.3) is 11.2 Å². The van der Waals surface area contributed by atoms with Crippen molar-refractivity contribution in [3.05, 3.63) is 16.7 Å². The highest BCUT2D eigenvalue weighted by atomic mass is 31.2. The minimum atomic E-state index is -4.59. The fourth-order valence-electron chi connectivity index (χ4n) is 2.17. The topological polar surface area (TPSA) is 175 Å². The van der Waals surface area contributed by atoms with Crippen molar-refractivity contribution in [3.63, 3.8) is 0 Å². The summed E-state index contributed by atoms with van der Waals surface area (Å²) in [6, 6.07) is 0. The van der Waals surface area contributed by atoms with Gasteiger partial charge in [-0.2, -0.15) is 4.98 Å². The number of fused-ring (bicyclic) bond motifs is 1. The van der Waals surface area contributed by atoms with Crippen LogP contribution in [0.1, 0.15) is 6.23 Å². The van der Waals surface area contributed by atoms with Gasteiger partial charge in [0.1, 0.15) is 6.10 Å². The molecule has 13 heteroatoms. The fourth-order valence-corrected chi connectivity index (χ4v) is 2.53. The molecule has 23 heavy (non-hydrogen) atoms. The Hall–Kier alpha value is -1.82. The molecule has 1 saturated heterocycles. The van der Waals surface area contributed by atoms with Crippen molar-refractivity contribution >= 4 is 24.9 Å². The Bertz CT molecular complexity index is 814. The Kier molecular flexibility index (Phi) is 4.19. The van der Waals surface area contributed by atoms with E-state index in [0.717, 1.165) is 0 Å². The van der Waals surface area contributed by atoms with Gasteiger partial charge in [-0.3, -0.25) is 18.9 Å². The zero-order chi connectivity index (χ0) is 16.6. The second-order valence-electron chi connectivity index (χ2n) is 4.81. The minimum Gasteiger partial charge on any atom is -0.374 e. The molecule has 0 unspecified atom stereocenters. The van der Waals surface area contributed by atoms with Crippen LogP contribution in [0, 0.1) is 0 Å². The summed E-state index contributed by atoms with van der Waals surface area (Å²) in [7, 11) is -4.59. The number of imidazole rings is 1. The molecule has 3 heterocycles. The van der Waals surface area contributed by atoms with Gasteiger partial charge >= 0.3 is 7.82 Å². The number of H-pyrrole nitrogens is 1. The van der Waals surface area contributed by atoms with Crippen molar-refractivity contribution < 1.29 is 28.3 Å². The second-order valence-corrected chi connectivity index (χ2v) is 6.05. The van der Waals surface area contributed by atoms with Crippen LogP contribution in [0.15, 0.2) is 11.1 Å². The fraction of sp³-hybridized carbons (Fsp3) is 0.500. The van der Waals surface area contributed by atoms with Crippen LogP contribution in [0.4, 0.5) is 5.95 Å². The molecule has 1 fully saturated rings. The van der Waals surface area contributed by atoms with E-state index in [1.165, 1.54) is 10.9 Å². The van der Waals surface area contributed by atoms with Crippen molar-refractivity contribution in [1.29, 1.82) is 0 Å². The van der Waals surface area contributed by atoms with E-state index in [0.29, 0.717) is 0 Å². The molecule has 0 aliphatic carbocycles. The minimum absolute atomic E-state index is 0.0673. The third-order valence-electron chi connectivity index (χ3n) is 3.10. The van der Waals surface area contributed by atoms with Gasteiger partial charge in [0.05, 0.1) is 26.1 Å². The van der Waals surface area contributed by atoms with E-state index in [9.17, 15) is 9.36 Å². The van der Waals surface area contributed by atoms with E-state index in [-0.39, 0.29) is 36.9 Å². The number of nitrogens with one attached hydrogen (secondary N) is 1. The molecule has 0 saturated carbocycles. The molecule has 0 bridgehead atoms. The molecule has 5 N–H and O–H groups in total. The number of ether oxygens (including phenoxy) is 2. The standard InChI is InChI=1S/C10H14N5O7P/c11-10-13-8-7(9(16)14-10)12-4-15(8)6-3-20-1-5(22-6)2-21-23(17,18)19/h4-6H,1-3H2,(H2,17,18,19)(H3,11,13,14,16)/t5-,6+/m0/s1. The number of hydrogen-bond donors (Lipinski definition) is 4. The Labute approximate surface area is 128 Å². The molecule has 2 aromatic heterocycles. The molecule has 0 spiro atoms. The Morgan fingerprint density at radius 2 is 2.30 bits per heavy atom. The zero-order valence-electron chi connectivity index (χ0n) is 11.7. The first-order valence-electron chi connectivity index (χ1n) is 6.49. The predicted octanol–water partition coefficient (Wildman–Crippen LogP) is -1.27. The van der Waals surface area contributed by atoms with E-state index in [1.807, 2.05) is 0 Å². The molecule has 2 atom stereocenters. The molecule has 126 valence electrons. The summed E-state index contributed by atoms with van der Waals surface area (Å²) in [6.45, 7) is -0.0882. The SMILES string of the molecule is Nc1nc2c(ncn2[C@H]2COC[C@@H](COP(=O)(O)O)O2)c(=O)[nH]1. The van der Waals surface area contributed by atoms with Gasteiger partial charge in [-0.1, -0.05) is 0 Å². The van der Waals surface area contributed by atoms with Crippen LogP contribution in [-0.2, 0) is 18.6 Å². The molecular formula is C10H14N5O7P. The largest absolute Gasteiger partial charge is 0.469 e. The first-order valence-corrected chi connectivity index (χ1v) is 8.02. The number of nitrogens with zero attached hydrogens (tertiary/aromatic N) is 3. The molecule has 2 aromatic rings. The first kappa shape index (κ1) is 16.1. The van der Waals surface area contributed by atoms with Crippen LogP contribution in [0.3, 0.4) is 0 Å². The van der Waals surface area contributed by atoms with Gasteiger partial charge in [0.2, 0.25) is 5.95 Å². The van der Waals surface area contributed by atoms with Gasteiger partial charge in [0, 0.05) is 0 Å². The number of nitrogens with two attached hydrogens (primary N) is 1. The van der Waals surface area contributed by atoms with E-state index in [1.54, 1.807) is 0 Å². The van der Waals surface area contributed by atoms with E-state index in [4.69, 9.17) is 25.0 Å².